The van der Waals surface area contributed by atoms with E-state index >= 15 is 0 Å². The second kappa shape index (κ2) is 7.87. The monoisotopic (exact) mass is 281 g/mol. The fraction of sp³-hybridized carbons (Fsp3) is 0.533. The van der Waals surface area contributed by atoms with Crippen molar-refractivity contribution in [1.82, 2.24) is 5.32 Å². The van der Waals surface area contributed by atoms with Crippen molar-refractivity contribution in [3.63, 3.8) is 0 Å². The number of hydrogen-bond acceptors (Lipinski definition) is 4. The van der Waals surface area contributed by atoms with Crippen LogP contribution in [0.15, 0.2) is 24.3 Å². The number of nitrogens with one attached hydrogen (secondary N) is 1. The molecule has 1 aromatic rings. The van der Waals surface area contributed by atoms with Gasteiger partial charge in [0, 0.05) is 6.04 Å². The van der Waals surface area contributed by atoms with Crippen molar-refractivity contribution in [1.29, 1.82) is 0 Å². The molecule has 1 rings (SSSR count). The lowest BCUT2D eigenvalue weighted by Crippen LogP contribution is -2.41. The number of rotatable bonds is 8. The molecule has 5 heteroatoms. The molecule has 0 bridgehead atoms. The minimum atomic E-state index is -0.936. The van der Waals surface area contributed by atoms with Crippen LogP contribution in [-0.2, 0) is 4.79 Å². The second-order valence-corrected chi connectivity index (χ2v) is 4.99. The number of aliphatic hydroxyl groups excluding tert-OH is 1. The summed E-state index contributed by atoms with van der Waals surface area (Å²) in [5.74, 6) is -0.0755. The number of aliphatic carboxylic acids is 1. The van der Waals surface area contributed by atoms with Crippen LogP contribution in [-0.4, -0.2) is 35.4 Å². The molecule has 1 aromatic carbocycles. The van der Waals surface area contributed by atoms with Crippen molar-refractivity contribution in [3.05, 3.63) is 29.8 Å². The highest BCUT2D eigenvalue weighted by Gasteiger charge is 2.24. The molecule has 2 atom stereocenters. The molecule has 5 nitrogen and oxygen atoms in total. The first kappa shape index (κ1) is 16.5. The Balaban J connectivity index is 2.77. The molecule has 3 N–H and O–H groups in total. The van der Waals surface area contributed by atoms with Gasteiger partial charge in [0.25, 0.3) is 0 Å². The quantitative estimate of drug-likeness (QED) is 0.677. The van der Waals surface area contributed by atoms with Gasteiger partial charge in [-0.25, -0.2) is 0 Å². The van der Waals surface area contributed by atoms with E-state index in [2.05, 4.69) is 5.32 Å². The molecule has 0 radical (unpaired) electrons. The average Bonchev–Trinajstić information content (AvgIpc) is 2.39. The van der Waals surface area contributed by atoms with Gasteiger partial charge >= 0.3 is 5.97 Å². The van der Waals surface area contributed by atoms with Gasteiger partial charge in [0.2, 0.25) is 0 Å². The van der Waals surface area contributed by atoms with Crippen LogP contribution in [0.1, 0.15) is 32.4 Å². The summed E-state index contributed by atoms with van der Waals surface area (Å²) in [6, 6.07) is 6.89. The maximum absolute atomic E-state index is 10.6. The van der Waals surface area contributed by atoms with Gasteiger partial charge in [0.15, 0.2) is 0 Å². The van der Waals surface area contributed by atoms with E-state index < -0.39 is 12.1 Å². The van der Waals surface area contributed by atoms with Crippen LogP contribution in [0, 0.1) is 5.92 Å². The minimum absolute atomic E-state index is 0.107. The van der Waals surface area contributed by atoms with Gasteiger partial charge in [0.05, 0.1) is 19.3 Å². The normalized spacial score (nSPS) is 14.1. The van der Waals surface area contributed by atoms with Crippen molar-refractivity contribution in [2.75, 3.05) is 13.2 Å². The van der Waals surface area contributed by atoms with Crippen molar-refractivity contribution < 1.29 is 19.7 Å². The summed E-state index contributed by atoms with van der Waals surface area (Å²) < 4.78 is 5.35. The summed E-state index contributed by atoms with van der Waals surface area (Å²) in [6.45, 7) is 6.22. The molecule has 0 fully saturated rings. The molecule has 20 heavy (non-hydrogen) atoms. The molecule has 0 aromatic heterocycles. The third-order valence-electron chi connectivity index (χ3n) is 3.08. The first-order valence-electron chi connectivity index (χ1n) is 6.81. The Labute approximate surface area is 119 Å². The van der Waals surface area contributed by atoms with E-state index in [9.17, 15) is 9.90 Å². The predicted octanol–water partition coefficient (Wildman–Crippen LogP) is 1.82. The molecule has 0 aliphatic rings. The van der Waals surface area contributed by atoms with Crippen LogP contribution in [0.5, 0.6) is 5.75 Å². The molecule has 0 aliphatic carbocycles. The lowest BCUT2D eigenvalue weighted by Gasteiger charge is -2.27. The maximum atomic E-state index is 10.6. The standard InChI is InChI=1S/C15H23NO4/c1-4-20-12-7-5-11(6-8-12)15(19)14(10(2)3)16-9-13(17)18/h5-8,10,14-16,19H,4,9H2,1-3H3,(H,17,18). The Hall–Kier alpha value is -1.59. The number of hydrogen-bond donors (Lipinski definition) is 3. The summed E-state index contributed by atoms with van der Waals surface area (Å²) in [7, 11) is 0. The summed E-state index contributed by atoms with van der Waals surface area (Å²) in [4.78, 5) is 10.6. The minimum Gasteiger partial charge on any atom is -0.494 e. The van der Waals surface area contributed by atoms with Crippen LogP contribution in [0.2, 0.25) is 0 Å². The molecule has 0 saturated carbocycles. The molecule has 0 spiro atoms. The van der Waals surface area contributed by atoms with Gasteiger partial charge in [-0.1, -0.05) is 26.0 Å². The van der Waals surface area contributed by atoms with Crippen LogP contribution in [0.25, 0.3) is 0 Å². The molecule has 0 heterocycles. The number of aliphatic hydroxyl groups is 1. The van der Waals surface area contributed by atoms with E-state index in [0.717, 1.165) is 11.3 Å². The Morgan fingerprint density at radius 2 is 1.90 bits per heavy atom. The zero-order valence-electron chi connectivity index (χ0n) is 12.2. The molecular formula is C15H23NO4. The van der Waals surface area contributed by atoms with Crippen molar-refractivity contribution >= 4 is 5.97 Å². The van der Waals surface area contributed by atoms with E-state index in [4.69, 9.17) is 9.84 Å². The summed E-state index contributed by atoms with van der Waals surface area (Å²) >= 11 is 0. The number of benzene rings is 1. The average molecular weight is 281 g/mol. The first-order chi connectivity index (χ1) is 9.45. The van der Waals surface area contributed by atoms with E-state index in [0.29, 0.717) is 6.61 Å². The van der Waals surface area contributed by atoms with Gasteiger partial charge in [-0.2, -0.15) is 0 Å². The highest BCUT2D eigenvalue weighted by molar-refractivity contribution is 5.69. The van der Waals surface area contributed by atoms with Gasteiger partial charge in [-0.15, -0.1) is 0 Å². The van der Waals surface area contributed by atoms with E-state index in [1.54, 1.807) is 24.3 Å². The molecule has 112 valence electrons. The van der Waals surface area contributed by atoms with Crippen molar-refractivity contribution in [2.45, 2.75) is 32.9 Å². The largest absolute Gasteiger partial charge is 0.494 e. The maximum Gasteiger partial charge on any atom is 0.317 e. The molecule has 0 amide bonds. The third kappa shape index (κ3) is 4.83. The lowest BCUT2D eigenvalue weighted by atomic mass is 9.93. The highest BCUT2D eigenvalue weighted by atomic mass is 16.5. The fourth-order valence-corrected chi connectivity index (χ4v) is 2.05. The Morgan fingerprint density at radius 3 is 2.35 bits per heavy atom. The van der Waals surface area contributed by atoms with E-state index in [-0.39, 0.29) is 18.5 Å². The van der Waals surface area contributed by atoms with Crippen LogP contribution >= 0.6 is 0 Å². The Bertz CT molecular complexity index is 416. The number of carboxylic acid groups (broad SMARTS) is 1. The van der Waals surface area contributed by atoms with Gasteiger partial charge < -0.3 is 20.3 Å². The predicted molar refractivity (Wildman–Crippen MR) is 76.8 cm³/mol. The number of carbonyl (C=O) groups is 1. The van der Waals surface area contributed by atoms with Gasteiger partial charge in [0.1, 0.15) is 5.75 Å². The Morgan fingerprint density at radius 1 is 1.30 bits per heavy atom. The number of ether oxygens (including phenoxy) is 1. The molecule has 0 saturated heterocycles. The SMILES string of the molecule is CCOc1ccc(C(O)C(NCC(=O)O)C(C)C)cc1. The van der Waals surface area contributed by atoms with Crippen LogP contribution < -0.4 is 10.1 Å². The molecule has 2 unspecified atom stereocenters. The third-order valence-corrected chi connectivity index (χ3v) is 3.08. The summed E-state index contributed by atoms with van der Waals surface area (Å²) in [6.07, 6.45) is -0.759. The number of carboxylic acids is 1. The van der Waals surface area contributed by atoms with Crippen molar-refractivity contribution in [2.24, 2.45) is 5.92 Å². The summed E-state index contributed by atoms with van der Waals surface area (Å²) in [5.41, 5.74) is 0.741. The van der Waals surface area contributed by atoms with E-state index in [1.807, 2.05) is 20.8 Å². The lowest BCUT2D eigenvalue weighted by molar-refractivity contribution is -0.136. The Kier molecular flexibility index (Phi) is 6.48. The van der Waals surface area contributed by atoms with Crippen LogP contribution in [0.3, 0.4) is 0 Å². The molecular weight excluding hydrogens is 258 g/mol. The fourth-order valence-electron chi connectivity index (χ4n) is 2.05. The zero-order valence-corrected chi connectivity index (χ0v) is 12.2. The van der Waals surface area contributed by atoms with Crippen LogP contribution in [0.4, 0.5) is 0 Å². The summed E-state index contributed by atoms with van der Waals surface area (Å²) in [5, 5.41) is 22.0. The zero-order chi connectivity index (χ0) is 15.1. The van der Waals surface area contributed by atoms with Crippen molar-refractivity contribution in [3.8, 4) is 5.75 Å². The topological polar surface area (TPSA) is 78.8 Å². The van der Waals surface area contributed by atoms with E-state index in [1.165, 1.54) is 0 Å². The smallest absolute Gasteiger partial charge is 0.317 e. The second-order valence-electron chi connectivity index (χ2n) is 4.99. The van der Waals surface area contributed by atoms with Gasteiger partial charge in [-0.05, 0) is 30.5 Å². The van der Waals surface area contributed by atoms with Gasteiger partial charge in [-0.3, -0.25) is 4.79 Å². The highest BCUT2D eigenvalue weighted by Crippen LogP contribution is 2.24. The first-order valence-corrected chi connectivity index (χ1v) is 6.81. The molecule has 0 aliphatic heterocycles.